The van der Waals surface area contributed by atoms with Crippen LogP contribution in [0.2, 0.25) is 0 Å². The van der Waals surface area contributed by atoms with Crippen LogP contribution in [0.5, 0.6) is 0 Å². The second-order valence-corrected chi connectivity index (χ2v) is 4.99. The third-order valence-electron chi connectivity index (χ3n) is 2.04. The molecular weight excluding hydrogens is 198 g/mol. The summed E-state index contributed by atoms with van der Waals surface area (Å²) in [6, 6.07) is 0. The number of β-amino-alcohol motifs (C(OH)–C–C–N with tert-alkyl or cyclic N) is 1. The lowest BCUT2D eigenvalue weighted by atomic mass is 9.96. The SMILES string of the molecule is COCC1(O)CN(C(=O)OC(C)(C)C)C1. The van der Waals surface area contributed by atoms with Crippen molar-refractivity contribution in [2.45, 2.75) is 32.0 Å². The summed E-state index contributed by atoms with van der Waals surface area (Å²) in [5.74, 6) is 0. The van der Waals surface area contributed by atoms with Crippen LogP contribution in [0.3, 0.4) is 0 Å². The molecule has 0 unspecified atom stereocenters. The number of amides is 1. The molecule has 1 saturated heterocycles. The Hall–Kier alpha value is -0.810. The van der Waals surface area contributed by atoms with Crippen molar-refractivity contribution in [1.82, 2.24) is 4.90 Å². The lowest BCUT2D eigenvalue weighted by Crippen LogP contribution is -2.66. The van der Waals surface area contributed by atoms with Gasteiger partial charge in [-0.25, -0.2) is 4.79 Å². The first-order chi connectivity index (χ1) is 6.76. The first-order valence-electron chi connectivity index (χ1n) is 4.95. The highest BCUT2D eigenvalue weighted by atomic mass is 16.6. The molecule has 0 atom stereocenters. The van der Waals surface area contributed by atoms with Crippen LogP contribution in [-0.4, -0.2) is 54.1 Å². The summed E-state index contributed by atoms with van der Waals surface area (Å²) >= 11 is 0. The molecule has 5 heteroatoms. The van der Waals surface area contributed by atoms with Gasteiger partial charge in [-0.2, -0.15) is 0 Å². The number of hydrogen-bond acceptors (Lipinski definition) is 4. The zero-order valence-corrected chi connectivity index (χ0v) is 9.74. The Morgan fingerprint density at radius 2 is 2.00 bits per heavy atom. The quantitative estimate of drug-likeness (QED) is 0.736. The monoisotopic (exact) mass is 217 g/mol. The summed E-state index contributed by atoms with van der Waals surface area (Å²) in [5, 5.41) is 9.75. The maximum absolute atomic E-state index is 11.5. The lowest BCUT2D eigenvalue weighted by molar-refractivity contribution is -0.129. The Balaban J connectivity index is 2.35. The van der Waals surface area contributed by atoms with Gasteiger partial charge in [0.05, 0.1) is 19.7 Å². The average molecular weight is 217 g/mol. The molecule has 0 aromatic heterocycles. The van der Waals surface area contributed by atoms with Crippen molar-refractivity contribution in [3.05, 3.63) is 0 Å². The fourth-order valence-electron chi connectivity index (χ4n) is 1.48. The van der Waals surface area contributed by atoms with Gasteiger partial charge in [0.15, 0.2) is 0 Å². The van der Waals surface area contributed by atoms with E-state index >= 15 is 0 Å². The molecule has 1 fully saturated rings. The van der Waals surface area contributed by atoms with E-state index in [1.54, 1.807) is 0 Å². The van der Waals surface area contributed by atoms with E-state index in [1.165, 1.54) is 12.0 Å². The van der Waals surface area contributed by atoms with Crippen LogP contribution in [0, 0.1) is 0 Å². The molecule has 1 amide bonds. The minimum atomic E-state index is -0.897. The number of carbonyl (C=O) groups excluding carboxylic acids is 1. The van der Waals surface area contributed by atoms with E-state index in [2.05, 4.69) is 0 Å². The molecule has 0 radical (unpaired) electrons. The lowest BCUT2D eigenvalue weighted by Gasteiger charge is -2.45. The van der Waals surface area contributed by atoms with Gasteiger partial charge in [0.1, 0.15) is 11.2 Å². The molecule has 15 heavy (non-hydrogen) atoms. The highest BCUT2D eigenvalue weighted by Gasteiger charge is 2.45. The second kappa shape index (κ2) is 3.98. The number of carbonyl (C=O) groups is 1. The van der Waals surface area contributed by atoms with E-state index in [4.69, 9.17) is 9.47 Å². The van der Waals surface area contributed by atoms with Crippen molar-refractivity contribution in [3.63, 3.8) is 0 Å². The predicted octanol–water partition coefficient (Wildman–Crippen LogP) is 0.615. The van der Waals surface area contributed by atoms with E-state index in [0.717, 1.165) is 0 Å². The van der Waals surface area contributed by atoms with Crippen LogP contribution in [0.25, 0.3) is 0 Å². The van der Waals surface area contributed by atoms with E-state index in [1.807, 2.05) is 20.8 Å². The minimum absolute atomic E-state index is 0.242. The normalized spacial score (nSPS) is 19.7. The van der Waals surface area contributed by atoms with E-state index < -0.39 is 11.2 Å². The van der Waals surface area contributed by atoms with Gasteiger partial charge in [0, 0.05) is 7.11 Å². The molecule has 0 aromatic carbocycles. The van der Waals surface area contributed by atoms with E-state index in [0.29, 0.717) is 0 Å². The maximum Gasteiger partial charge on any atom is 0.410 e. The molecule has 1 N–H and O–H groups in total. The van der Waals surface area contributed by atoms with Crippen LogP contribution in [0.1, 0.15) is 20.8 Å². The van der Waals surface area contributed by atoms with Gasteiger partial charge in [0.2, 0.25) is 0 Å². The van der Waals surface area contributed by atoms with E-state index in [9.17, 15) is 9.90 Å². The topological polar surface area (TPSA) is 59.0 Å². The summed E-state index contributed by atoms with van der Waals surface area (Å²) < 4.78 is 10.00. The number of aliphatic hydroxyl groups is 1. The zero-order valence-electron chi connectivity index (χ0n) is 9.74. The molecular formula is C10H19NO4. The number of rotatable bonds is 2. The molecule has 0 bridgehead atoms. The Labute approximate surface area is 90.0 Å². The smallest absolute Gasteiger partial charge is 0.410 e. The third kappa shape index (κ3) is 3.35. The number of ether oxygens (including phenoxy) is 2. The summed E-state index contributed by atoms with van der Waals surface area (Å²) in [6.07, 6.45) is -0.386. The van der Waals surface area contributed by atoms with Gasteiger partial charge in [0.25, 0.3) is 0 Å². The standard InChI is InChI=1S/C10H19NO4/c1-9(2,3)15-8(12)11-5-10(13,6-11)7-14-4/h13H,5-7H2,1-4H3. The zero-order chi connectivity index (χ0) is 11.7. The number of likely N-dealkylation sites (tertiary alicyclic amines) is 1. The van der Waals surface area contributed by atoms with Crippen LogP contribution >= 0.6 is 0 Å². The highest BCUT2D eigenvalue weighted by molar-refractivity contribution is 5.69. The molecule has 1 aliphatic heterocycles. The minimum Gasteiger partial charge on any atom is -0.444 e. The number of hydrogen-bond donors (Lipinski definition) is 1. The van der Waals surface area contributed by atoms with Crippen LogP contribution in [0.15, 0.2) is 0 Å². The van der Waals surface area contributed by atoms with Crippen LogP contribution in [-0.2, 0) is 9.47 Å². The van der Waals surface area contributed by atoms with Crippen molar-refractivity contribution in [2.75, 3.05) is 26.8 Å². The van der Waals surface area contributed by atoms with Gasteiger partial charge in [-0.1, -0.05) is 0 Å². The Bertz CT molecular complexity index is 240. The van der Waals surface area contributed by atoms with Gasteiger partial charge in [-0.15, -0.1) is 0 Å². The van der Waals surface area contributed by atoms with Gasteiger partial charge in [-0.3, -0.25) is 0 Å². The van der Waals surface area contributed by atoms with Crippen molar-refractivity contribution in [2.24, 2.45) is 0 Å². The molecule has 88 valence electrons. The van der Waals surface area contributed by atoms with E-state index in [-0.39, 0.29) is 25.8 Å². The van der Waals surface area contributed by atoms with Crippen molar-refractivity contribution in [1.29, 1.82) is 0 Å². The van der Waals surface area contributed by atoms with Gasteiger partial charge >= 0.3 is 6.09 Å². The highest BCUT2D eigenvalue weighted by Crippen LogP contribution is 2.23. The van der Waals surface area contributed by atoms with Crippen molar-refractivity contribution in [3.8, 4) is 0 Å². The first-order valence-corrected chi connectivity index (χ1v) is 4.95. The number of nitrogens with zero attached hydrogens (tertiary/aromatic N) is 1. The molecule has 5 nitrogen and oxygen atoms in total. The Kier molecular flexibility index (Phi) is 3.25. The first kappa shape index (κ1) is 12.3. The van der Waals surface area contributed by atoms with Gasteiger partial charge < -0.3 is 19.5 Å². The summed E-state index contributed by atoms with van der Waals surface area (Å²) in [5.41, 5.74) is -1.39. The molecule has 1 heterocycles. The molecule has 1 rings (SSSR count). The number of methoxy groups -OCH3 is 1. The molecule has 0 aliphatic carbocycles. The predicted molar refractivity (Wildman–Crippen MR) is 54.6 cm³/mol. The summed E-state index contributed by atoms with van der Waals surface area (Å²) in [6.45, 7) is 6.22. The summed E-state index contributed by atoms with van der Waals surface area (Å²) in [7, 11) is 1.52. The Morgan fingerprint density at radius 1 is 1.47 bits per heavy atom. The van der Waals surface area contributed by atoms with Crippen LogP contribution < -0.4 is 0 Å². The molecule has 0 aromatic rings. The third-order valence-corrected chi connectivity index (χ3v) is 2.04. The fraction of sp³-hybridized carbons (Fsp3) is 0.900. The molecule has 0 spiro atoms. The largest absolute Gasteiger partial charge is 0.444 e. The molecule has 1 aliphatic rings. The van der Waals surface area contributed by atoms with Crippen molar-refractivity contribution < 1.29 is 19.4 Å². The second-order valence-electron chi connectivity index (χ2n) is 4.99. The van der Waals surface area contributed by atoms with Crippen LogP contribution in [0.4, 0.5) is 4.79 Å². The molecule has 0 saturated carbocycles. The van der Waals surface area contributed by atoms with Gasteiger partial charge in [-0.05, 0) is 20.8 Å². The Morgan fingerprint density at radius 3 is 2.40 bits per heavy atom. The fourth-order valence-corrected chi connectivity index (χ4v) is 1.48. The summed E-state index contributed by atoms with van der Waals surface area (Å²) in [4.78, 5) is 12.9. The maximum atomic E-state index is 11.5. The average Bonchev–Trinajstić information content (AvgIpc) is 1.96. The van der Waals surface area contributed by atoms with Crippen molar-refractivity contribution >= 4 is 6.09 Å².